The van der Waals surface area contributed by atoms with Crippen LogP contribution in [0.4, 0.5) is 0 Å². The van der Waals surface area contributed by atoms with Crippen molar-refractivity contribution >= 4 is 23.2 Å². The third kappa shape index (κ3) is 5.30. The highest BCUT2D eigenvalue weighted by Gasteiger charge is 2.17. The van der Waals surface area contributed by atoms with E-state index in [1.54, 1.807) is 18.4 Å². The maximum Gasteiger partial charge on any atom is 0.309 e. The van der Waals surface area contributed by atoms with Crippen molar-refractivity contribution in [2.24, 2.45) is 5.92 Å². The highest BCUT2D eigenvalue weighted by Crippen LogP contribution is 2.24. The van der Waals surface area contributed by atoms with Gasteiger partial charge in [0.2, 0.25) is 0 Å². The van der Waals surface area contributed by atoms with Gasteiger partial charge in [-0.1, -0.05) is 13.8 Å². The van der Waals surface area contributed by atoms with Gasteiger partial charge in [-0.05, 0) is 25.0 Å². The molecule has 2 amide bonds. The number of methoxy groups -OCH3 is 1. The van der Waals surface area contributed by atoms with Crippen LogP contribution < -0.4 is 10.6 Å². The van der Waals surface area contributed by atoms with Crippen LogP contribution in [0, 0.1) is 12.8 Å². The molecule has 0 saturated heterocycles. The molecular weight excluding hydrogens is 276 g/mol. The Balaban J connectivity index is 2.44. The number of carbonyl (C=O) groups excluding carboxylic acids is 2. The molecule has 1 unspecified atom stereocenters. The zero-order chi connectivity index (χ0) is 15.1. The summed E-state index contributed by atoms with van der Waals surface area (Å²) in [6.45, 7) is 6.73. The molecule has 0 radical (unpaired) electrons. The number of carbonyl (C=O) groups is 2. The van der Waals surface area contributed by atoms with Crippen LogP contribution in [0.1, 0.15) is 29.7 Å². The van der Waals surface area contributed by atoms with Gasteiger partial charge in [0.1, 0.15) is 6.10 Å². The van der Waals surface area contributed by atoms with Crippen LogP contribution in [0.2, 0.25) is 0 Å². The average molecular weight is 298 g/mol. The predicted octanol–water partition coefficient (Wildman–Crippen LogP) is 1.63. The van der Waals surface area contributed by atoms with E-state index in [0.717, 1.165) is 4.88 Å². The lowest BCUT2D eigenvalue weighted by atomic mass is 10.2. The molecule has 0 aliphatic heterocycles. The molecule has 0 aromatic carbocycles. The lowest BCUT2D eigenvalue weighted by Gasteiger charge is -2.14. The van der Waals surface area contributed by atoms with Crippen LogP contribution in [0.3, 0.4) is 0 Å². The highest BCUT2D eigenvalue weighted by atomic mass is 32.1. The van der Waals surface area contributed by atoms with Gasteiger partial charge in [0.15, 0.2) is 0 Å². The Labute approximate surface area is 123 Å². The van der Waals surface area contributed by atoms with E-state index < -0.39 is 11.8 Å². The second-order valence-electron chi connectivity index (χ2n) is 4.99. The normalized spacial score (nSPS) is 12.2. The van der Waals surface area contributed by atoms with Gasteiger partial charge in [0, 0.05) is 30.0 Å². The third-order valence-electron chi connectivity index (χ3n) is 2.69. The molecule has 2 N–H and O–H groups in total. The summed E-state index contributed by atoms with van der Waals surface area (Å²) in [5, 5.41) is 5.17. The minimum Gasteiger partial charge on any atom is -0.374 e. The Hall–Kier alpha value is -1.40. The Morgan fingerprint density at radius 2 is 1.80 bits per heavy atom. The second kappa shape index (κ2) is 8.01. The maximum atomic E-state index is 11.6. The van der Waals surface area contributed by atoms with E-state index in [9.17, 15) is 9.59 Å². The summed E-state index contributed by atoms with van der Waals surface area (Å²) in [6, 6.07) is 3.97. The summed E-state index contributed by atoms with van der Waals surface area (Å²) in [6.07, 6.45) is -0.226. The molecule has 6 heteroatoms. The number of hydrogen-bond donors (Lipinski definition) is 2. The number of amides is 2. The van der Waals surface area contributed by atoms with E-state index in [4.69, 9.17) is 4.74 Å². The Kier molecular flexibility index (Phi) is 6.67. The van der Waals surface area contributed by atoms with Crippen molar-refractivity contribution in [3.63, 3.8) is 0 Å². The first-order valence-electron chi connectivity index (χ1n) is 6.59. The minimum atomic E-state index is -0.624. The fourth-order valence-electron chi connectivity index (χ4n) is 1.57. The number of nitrogens with one attached hydrogen (secondary N) is 2. The van der Waals surface area contributed by atoms with Gasteiger partial charge in [0.05, 0.1) is 0 Å². The Morgan fingerprint density at radius 1 is 1.20 bits per heavy atom. The van der Waals surface area contributed by atoms with Gasteiger partial charge < -0.3 is 15.4 Å². The molecular formula is C14H22N2O3S. The van der Waals surface area contributed by atoms with Crippen molar-refractivity contribution in [2.75, 3.05) is 20.2 Å². The van der Waals surface area contributed by atoms with Crippen LogP contribution >= 0.6 is 11.3 Å². The molecule has 112 valence electrons. The van der Waals surface area contributed by atoms with Crippen molar-refractivity contribution in [1.82, 2.24) is 10.6 Å². The monoisotopic (exact) mass is 298 g/mol. The molecule has 0 aliphatic carbocycles. The van der Waals surface area contributed by atoms with E-state index in [1.165, 1.54) is 4.88 Å². The molecule has 0 bridgehead atoms. The lowest BCUT2D eigenvalue weighted by molar-refractivity contribution is -0.139. The Morgan fingerprint density at radius 3 is 2.25 bits per heavy atom. The molecule has 1 rings (SSSR count). The minimum absolute atomic E-state index is 0.226. The van der Waals surface area contributed by atoms with Crippen molar-refractivity contribution in [3.8, 4) is 0 Å². The van der Waals surface area contributed by atoms with Gasteiger partial charge in [-0.15, -0.1) is 11.3 Å². The Bertz CT molecular complexity index is 457. The van der Waals surface area contributed by atoms with Gasteiger partial charge in [-0.3, -0.25) is 9.59 Å². The lowest BCUT2D eigenvalue weighted by Crippen LogP contribution is -2.42. The SMILES string of the molecule is COC(CNC(=O)C(=O)NCC(C)C)c1ccc(C)s1. The number of aryl methyl sites for hydroxylation is 1. The summed E-state index contributed by atoms with van der Waals surface area (Å²) in [5.41, 5.74) is 0. The highest BCUT2D eigenvalue weighted by molar-refractivity contribution is 7.12. The molecule has 20 heavy (non-hydrogen) atoms. The number of rotatable bonds is 6. The predicted molar refractivity (Wildman–Crippen MR) is 79.7 cm³/mol. The van der Waals surface area contributed by atoms with Crippen LogP contribution in [0.25, 0.3) is 0 Å². The first kappa shape index (κ1) is 16.7. The molecule has 0 aliphatic rings. The average Bonchev–Trinajstić information content (AvgIpc) is 2.83. The maximum absolute atomic E-state index is 11.6. The number of thiophene rings is 1. The van der Waals surface area contributed by atoms with Crippen molar-refractivity contribution in [1.29, 1.82) is 0 Å². The van der Waals surface area contributed by atoms with Crippen molar-refractivity contribution in [3.05, 3.63) is 21.9 Å². The topological polar surface area (TPSA) is 67.4 Å². The zero-order valence-electron chi connectivity index (χ0n) is 12.4. The number of ether oxygens (including phenoxy) is 1. The van der Waals surface area contributed by atoms with Crippen LogP contribution in [0.5, 0.6) is 0 Å². The largest absolute Gasteiger partial charge is 0.374 e. The van der Waals surface area contributed by atoms with E-state index in [-0.39, 0.29) is 12.6 Å². The first-order valence-corrected chi connectivity index (χ1v) is 7.40. The van der Waals surface area contributed by atoms with E-state index in [1.807, 2.05) is 32.9 Å². The quantitative estimate of drug-likeness (QED) is 0.784. The van der Waals surface area contributed by atoms with Crippen molar-refractivity contribution < 1.29 is 14.3 Å². The van der Waals surface area contributed by atoms with E-state index in [0.29, 0.717) is 12.5 Å². The molecule has 5 nitrogen and oxygen atoms in total. The third-order valence-corrected chi connectivity index (χ3v) is 3.78. The van der Waals surface area contributed by atoms with Crippen LogP contribution in [0.15, 0.2) is 12.1 Å². The van der Waals surface area contributed by atoms with Crippen molar-refractivity contribution in [2.45, 2.75) is 26.9 Å². The van der Waals surface area contributed by atoms with Gasteiger partial charge in [-0.2, -0.15) is 0 Å². The smallest absolute Gasteiger partial charge is 0.309 e. The molecule has 1 aromatic rings. The summed E-state index contributed by atoms with van der Waals surface area (Å²) >= 11 is 1.62. The summed E-state index contributed by atoms with van der Waals surface area (Å²) in [5.74, 6) is -0.913. The summed E-state index contributed by atoms with van der Waals surface area (Å²) < 4.78 is 5.34. The van der Waals surface area contributed by atoms with Gasteiger partial charge >= 0.3 is 11.8 Å². The fraction of sp³-hybridized carbons (Fsp3) is 0.571. The molecule has 1 heterocycles. The molecule has 1 aromatic heterocycles. The summed E-state index contributed by atoms with van der Waals surface area (Å²) in [7, 11) is 1.59. The standard InChI is InChI=1S/C14H22N2O3S/c1-9(2)7-15-13(17)14(18)16-8-11(19-4)12-6-5-10(3)20-12/h5-6,9,11H,7-8H2,1-4H3,(H,15,17)(H,16,18). The van der Waals surface area contributed by atoms with Gasteiger partial charge in [0.25, 0.3) is 0 Å². The number of hydrogen-bond acceptors (Lipinski definition) is 4. The molecule has 0 fully saturated rings. The van der Waals surface area contributed by atoms with E-state index >= 15 is 0 Å². The van der Waals surface area contributed by atoms with E-state index in [2.05, 4.69) is 10.6 Å². The second-order valence-corrected chi connectivity index (χ2v) is 6.31. The molecule has 0 saturated carbocycles. The van der Waals surface area contributed by atoms with Crippen LogP contribution in [-0.2, 0) is 14.3 Å². The van der Waals surface area contributed by atoms with Crippen LogP contribution in [-0.4, -0.2) is 32.0 Å². The van der Waals surface area contributed by atoms with Gasteiger partial charge in [-0.25, -0.2) is 0 Å². The molecule has 0 spiro atoms. The zero-order valence-corrected chi connectivity index (χ0v) is 13.2. The summed E-state index contributed by atoms with van der Waals surface area (Å²) in [4.78, 5) is 25.4. The fourth-order valence-corrected chi connectivity index (χ4v) is 2.52. The first-order chi connectivity index (χ1) is 9.43. The molecule has 1 atom stereocenters.